The highest BCUT2D eigenvalue weighted by atomic mass is 35.5. The van der Waals surface area contributed by atoms with Gasteiger partial charge in [-0.1, -0.05) is 23.7 Å². The number of rotatable bonds is 2. The van der Waals surface area contributed by atoms with Crippen LogP contribution in [0.15, 0.2) is 36.4 Å². The zero-order chi connectivity index (χ0) is 13.2. The van der Waals surface area contributed by atoms with E-state index in [4.69, 9.17) is 16.3 Å². The maximum Gasteiger partial charge on any atom is 0.265 e. The predicted octanol–water partition coefficient (Wildman–Crippen LogP) is 2.06. The van der Waals surface area contributed by atoms with Crippen molar-refractivity contribution in [3.05, 3.63) is 47.2 Å². The van der Waals surface area contributed by atoms with Crippen LogP contribution in [0.1, 0.15) is 5.69 Å². The van der Waals surface area contributed by atoms with Crippen molar-refractivity contribution in [2.75, 3.05) is 11.5 Å². The number of nitrogens with zero attached hydrogens (tertiary/aromatic N) is 3. The molecule has 1 aromatic carbocycles. The van der Waals surface area contributed by atoms with Gasteiger partial charge in [0.15, 0.2) is 11.8 Å². The Bertz CT molecular complexity index is 616. The lowest BCUT2D eigenvalue weighted by Gasteiger charge is -2.28. The van der Waals surface area contributed by atoms with Crippen molar-refractivity contribution < 1.29 is 9.53 Å². The van der Waals surface area contributed by atoms with Gasteiger partial charge >= 0.3 is 0 Å². The van der Waals surface area contributed by atoms with Crippen LogP contribution in [-0.2, 0) is 11.3 Å². The molecule has 0 fully saturated rings. The molecule has 0 N–H and O–H groups in total. The number of aromatic nitrogens is 2. The van der Waals surface area contributed by atoms with Crippen LogP contribution in [-0.4, -0.2) is 22.7 Å². The Morgan fingerprint density at radius 1 is 1.21 bits per heavy atom. The van der Waals surface area contributed by atoms with Gasteiger partial charge < -0.3 is 4.74 Å². The summed E-state index contributed by atoms with van der Waals surface area (Å²) in [5.41, 5.74) is 1.42. The van der Waals surface area contributed by atoms with E-state index >= 15 is 0 Å². The molecule has 96 valence electrons. The maximum absolute atomic E-state index is 12.0. The third-order valence-corrected chi connectivity index (χ3v) is 3.02. The largest absolute Gasteiger partial charge is 0.482 e. The molecule has 1 amide bonds. The first kappa shape index (κ1) is 11.9. The second-order valence-electron chi connectivity index (χ2n) is 4.08. The average molecular weight is 276 g/mol. The molecule has 0 radical (unpaired) electrons. The van der Waals surface area contributed by atoms with E-state index in [2.05, 4.69) is 10.2 Å². The van der Waals surface area contributed by atoms with Crippen molar-refractivity contribution in [2.45, 2.75) is 6.54 Å². The molecule has 19 heavy (non-hydrogen) atoms. The first-order valence-electron chi connectivity index (χ1n) is 5.74. The van der Waals surface area contributed by atoms with E-state index in [1.807, 2.05) is 24.3 Å². The van der Waals surface area contributed by atoms with E-state index < -0.39 is 0 Å². The summed E-state index contributed by atoms with van der Waals surface area (Å²) in [6.45, 7) is 0.390. The third kappa shape index (κ3) is 2.37. The van der Waals surface area contributed by atoms with Crippen molar-refractivity contribution in [3.63, 3.8) is 0 Å². The number of amides is 1. The fourth-order valence-electron chi connectivity index (χ4n) is 1.92. The summed E-state index contributed by atoms with van der Waals surface area (Å²) in [5.74, 6) is 0.597. The molecule has 2 aromatic rings. The normalized spacial score (nSPS) is 13.9. The average Bonchev–Trinajstić information content (AvgIpc) is 2.44. The van der Waals surface area contributed by atoms with Gasteiger partial charge in [-0.3, -0.25) is 9.69 Å². The van der Waals surface area contributed by atoms with Gasteiger partial charge in [-0.2, -0.15) is 5.10 Å². The molecule has 0 bridgehead atoms. The number of anilines is 1. The summed E-state index contributed by atoms with van der Waals surface area (Å²) in [4.78, 5) is 13.6. The van der Waals surface area contributed by atoms with Crippen LogP contribution >= 0.6 is 11.6 Å². The smallest absolute Gasteiger partial charge is 0.265 e. The van der Waals surface area contributed by atoms with E-state index in [1.54, 1.807) is 17.0 Å². The quantitative estimate of drug-likeness (QED) is 0.842. The summed E-state index contributed by atoms with van der Waals surface area (Å²) < 4.78 is 5.37. The molecule has 6 heteroatoms. The molecule has 1 aliphatic heterocycles. The minimum Gasteiger partial charge on any atom is -0.482 e. The highest BCUT2D eigenvalue weighted by Crippen LogP contribution is 2.32. The summed E-state index contributed by atoms with van der Waals surface area (Å²) in [6, 6.07) is 10.8. The number of para-hydroxylation sites is 2. The molecule has 2 heterocycles. The van der Waals surface area contributed by atoms with Gasteiger partial charge in [0.05, 0.1) is 17.9 Å². The van der Waals surface area contributed by atoms with Gasteiger partial charge in [0.1, 0.15) is 5.75 Å². The van der Waals surface area contributed by atoms with Gasteiger partial charge in [0, 0.05) is 0 Å². The van der Waals surface area contributed by atoms with Crippen LogP contribution in [0.5, 0.6) is 5.75 Å². The lowest BCUT2D eigenvalue weighted by atomic mass is 10.2. The number of hydrogen-bond acceptors (Lipinski definition) is 4. The fraction of sp³-hybridized carbons (Fsp3) is 0.154. The molecule has 0 aliphatic carbocycles. The van der Waals surface area contributed by atoms with Crippen LogP contribution in [0.25, 0.3) is 0 Å². The van der Waals surface area contributed by atoms with Crippen molar-refractivity contribution in [1.29, 1.82) is 0 Å². The molecule has 0 unspecified atom stereocenters. The molecule has 1 aliphatic rings. The summed E-state index contributed by atoms with van der Waals surface area (Å²) in [7, 11) is 0. The molecule has 0 saturated heterocycles. The van der Waals surface area contributed by atoms with E-state index in [-0.39, 0.29) is 12.5 Å². The molecule has 0 spiro atoms. The van der Waals surface area contributed by atoms with Crippen molar-refractivity contribution in [2.24, 2.45) is 0 Å². The minimum atomic E-state index is -0.101. The van der Waals surface area contributed by atoms with Crippen LogP contribution in [0.2, 0.25) is 5.15 Å². The van der Waals surface area contributed by atoms with Crippen molar-refractivity contribution in [3.8, 4) is 5.75 Å². The summed E-state index contributed by atoms with van der Waals surface area (Å²) >= 11 is 5.69. The second-order valence-corrected chi connectivity index (χ2v) is 4.47. The zero-order valence-electron chi connectivity index (χ0n) is 9.91. The number of carbonyl (C=O) groups excluding carboxylic acids is 1. The Hall–Kier alpha value is -2.14. The molecule has 3 rings (SSSR count). The van der Waals surface area contributed by atoms with Crippen LogP contribution in [0.3, 0.4) is 0 Å². The lowest BCUT2D eigenvalue weighted by Crippen LogP contribution is -2.38. The Labute approximate surface area is 114 Å². The van der Waals surface area contributed by atoms with E-state index in [0.717, 1.165) is 5.69 Å². The maximum atomic E-state index is 12.0. The highest BCUT2D eigenvalue weighted by Gasteiger charge is 2.25. The van der Waals surface area contributed by atoms with E-state index in [1.165, 1.54) is 0 Å². The number of halogens is 1. The third-order valence-electron chi connectivity index (χ3n) is 2.82. The topological polar surface area (TPSA) is 55.3 Å². The Kier molecular flexibility index (Phi) is 3.05. The van der Waals surface area contributed by atoms with Crippen molar-refractivity contribution in [1.82, 2.24) is 10.2 Å². The van der Waals surface area contributed by atoms with E-state index in [9.17, 15) is 4.79 Å². The molecule has 0 saturated carbocycles. The van der Waals surface area contributed by atoms with Gasteiger partial charge in [-0.25, -0.2) is 0 Å². The first-order valence-corrected chi connectivity index (χ1v) is 6.12. The highest BCUT2D eigenvalue weighted by molar-refractivity contribution is 6.29. The second kappa shape index (κ2) is 4.85. The number of benzene rings is 1. The molecule has 0 atom stereocenters. The molecule has 5 nitrogen and oxygen atoms in total. The zero-order valence-corrected chi connectivity index (χ0v) is 10.7. The van der Waals surface area contributed by atoms with Crippen LogP contribution in [0.4, 0.5) is 5.69 Å². The molecular weight excluding hydrogens is 266 g/mol. The van der Waals surface area contributed by atoms with Crippen LogP contribution in [0, 0.1) is 0 Å². The number of hydrogen-bond donors (Lipinski definition) is 0. The Balaban J connectivity index is 1.91. The number of fused-ring (bicyclic) bond motifs is 1. The minimum absolute atomic E-state index is 0.0397. The van der Waals surface area contributed by atoms with Crippen LogP contribution < -0.4 is 9.64 Å². The van der Waals surface area contributed by atoms with E-state index in [0.29, 0.717) is 23.1 Å². The lowest BCUT2D eigenvalue weighted by molar-refractivity contribution is -0.121. The molecular formula is C13H10ClN3O2. The molecule has 1 aromatic heterocycles. The predicted molar refractivity (Wildman–Crippen MR) is 70.2 cm³/mol. The van der Waals surface area contributed by atoms with Crippen molar-refractivity contribution >= 4 is 23.2 Å². The standard InChI is InChI=1S/C13H10ClN3O2/c14-12-6-5-9(15-16-12)7-17-10-3-1-2-4-11(10)19-8-13(17)18/h1-6H,7-8H2. The first-order chi connectivity index (χ1) is 9.24. The monoisotopic (exact) mass is 275 g/mol. The summed E-state index contributed by atoms with van der Waals surface area (Å²) in [6.07, 6.45) is 0. The van der Waals surface area contributed by atoms with Gasteiger partial charge in [0.25, 0.3) is 5.91 Å². The SMILES string of the molecule is O=C1COc2ccccc2N1Cc1ccc(Cl)nn1. The van der Waals surface area contributed by atoms with Gasteiger partial charge in [-0.05, 0) is 24.3 Å². The Morgan fingerprint density at radius 2 is 2.05 bits per heavy atom. The van der Waals surface area contributed by atoms with Gasteiger partial charge in [-0.15, -0.1) is 5.10 Å². The summed E-state index contributed by atoms with van der Waals surface area (Å²) in [5, 5.41) is 8.07. The Morgan fingerprint density at radius 3 is 2.84 bits per heavy atom. The van der Waals surface area contributed by atoms with Gasteiger partial charge in [0.2, 0.25) is 0 Å². The number of ether oxygens (including phenoxy) is 1. The fourth-order valence-corrected chi connectivity index (χ4v) is 2.02. The number of carbonyl (C=O) groups is 1.